The van der Waals surface area contributed by atoms with E-state index in [2.05, 4.69) is 20.9 Å². The molecule has 76 valence electrons. The van der Waals surface area contributed by atoms with E-state index in [-0.39, 0.29) is 5.91 Å². The van der Waals surface area contributed by atoms with Crippen molar-refractivity contribution in [3.63, 3.8) is 0 Å². The van der Waals surface area contributed by atoms with E-state index in [0.717, 1.165) is 13.0 Å². The zero-order valence-corrected chi connectivity index (χ0v) is 9.70. The van der Waals surface area contributed by atoms with Crippen molar-refractivity contribution < 1.29 is 4.79 Å². The Morgan fingerprint density at radius 2 is 2.14 bits per heavy atom. The number of halogens is 1. The average molecular weight is 257 g/mol. The van der Waals surface area contributed by atoms with Gasteiger partial charge in [0.2, 0.25) is 5.91 Å². The Bertz CT molecular complexity index is 289. The Labute approximate surface area is 92.3 Å². The first-order valence-electron chi connectivity index (χ1n) is 4.43. The van der Waals surface area contributed by atoms with Gasteiger partial charge in [-0.3, -0.25) is 9.78 Å². The highest BCUT2D eigenvalue weighted by Gasteiger charge is 2.05. The number of carbonyl (C=O) groups is 1. The van der Waals surface area contributed by atoms with Gasteiger partial charge in [-0.05, 0) is 24.1 Å². The second-order valence-corrected chi connectivity index (χ2v) is 3.62. The highest BCUT2D eigenvalue weighted by molar-refractivity contribution is 9.09. The van der Waals surface area contributed by atoms with Crippen molar-refractivity contribution in [2.45, 2.75) is 6.42 Å². The lowest BCUT2D eigenvalue weighted by molar-refractivity contribution is -0.126. The Morgan fingerprint density at radius 1 is 1.50 bits per heavy atom. The van der Waals surface area contributed by atoms with Gasteiger partial charge in [-0.2, -0.15) is 0 Å². The van der Waals surface area contributed by atoms with Crippen molar-refractivity contribution >= 4 is 21.8 Å². The molecule has 0 aromatic carbocycles. The minimum absolute atomic E-state index is 0.110. The zero-order chi connectivity index (χ0) is 10.4. The van der Waals surface area contributed by atoms with Crippen molar-refractivity contribution in [1.82, 2.24) is 9.88 Å². The molecule has 1 heterocycles. The third kappa shape index (κ3) is 3.46. The number of hydrogen-bond acceptors (Lipinski definition) is 2. The van der Waals surface area contributed by atoms with E-state index in [1.165, 1.54) is 5.56 Å². The van der Waals surface area contributed by atoms with Crippen LogP contribution in [0.15, 0.2) is 24.5 Å². The molecule has 0 bridgehead atoms. The molecule has 14 heavy (non-hydrogen) atoms. The fourth-order valence-corrected chi connectivity index (χ4v) is 1.50. The summed E-state index contributed by atoms with van der Waals surface area (Å²) >= 11 is 3.14. The third-order valence-corrected chi connectivity index (χ3v) is 2.51. The van der Waals surface area contributed by atoms with E-state index in [4.69, 9.17) is 0 Å². The molecule has 0 aliphatic rings. The van der Waals surface area contributed by atoms with Crippen LogP contribution < -0.4 is 0 Å². The van der Waals surface area contributed by atoms with Crippen LogP contribution in [0.4, 0.5) is 0 Å². The number of likely N-dealkylation sites (N-methyl/N-ethyl adjacent to an activating group) is 1. The van der Waals surface area contributed by atoms with Gasteiger partial charge in [0.1, 0.15) is 0 Å². The van der Waals surface area contributed by atoms with Gasteiger partial charge in [0.15, 0.2) is 0 Å². The van der Waals surface area contributed by atoms with Gasteiger partial charge in [-0.25, -0.2) is 0 Å². The number of hydrogen-bond donors (Lipinski definition) is 0. The van der Waals surface area contributed by atoms with Crippen molar-refractivity contribution in [2.24, 2.45) is 0 Å². The van der Waals surface area contributed by atoms with E-state index < -0.39 is 0 Å². The number of carbonyl (C=O) groups excluding carboxylic acids is 1. The van der Waals surface area contributed by atoms with Crippen LogP contribution in [0.1, 0.15) is 5.56 Å². The molecule has 0 N–H and O–H groups in total. The molecule has 1 aromatic heterocycles. The van der Waals surface area contributed by atoms with Crippen molar-refractivity contribution in [2.75, 3.05) is 18.9 Å². The normalized spacial score (nSPS) is 9.86. The number of amides is 1. The number of nitrogens with zero attached hydrogens (tertiary/aromatic N) is 2. The molecular weight excluding hydrogens is 244 g/mol. The fraction of sp³-hybridized carbons (Fsp3) is 0.400. The summed E-state index contributed by atoms with van der Waals surface area (Å²) in [4.78, 5) is 16.9. The number of alkyl halides is 1. The Balaban J connectivity index is 2.38. The molecule has 0 radical (unpaired) electrons. The summed E-state index contributed by atoms with van der Waals surface area (Å²) in [7, 11) is 1.81. The Hall–Kier alpha value is -0.900. The lowest BCUT2D eigenvalue weighted by Crippen LogP contribution is -2.29. The van der Waals surface area contributed by atoms with Crippen molar-refractivity contribution in [3.8, 4) is 0 Å². The summed E-state index contributed by atoms with van der Waals surface area (Å²) in [6, 6.07) is 3.93. The van der Waals surface area contributed by atoms with E-state index in [9.17, 15) is 4.79 Å². The molecule has 0 unspecified atom stereocenters. The Kier molecular flexibility index (Phi) is 4.59. The van der Waals surface area contributed by atoms with Gasteiger partial charge >= 0.3 is 0 Å². The topological polar surface area (TPSA) is 33.2 Å². The van der Waals surface area contributed by atoms with Gasteiger partial charge in [-0.1, -0.05) is 15.9 Å². The highest BCUT2D eigenvalue weighted by Crippen LogP contribution is 1.99. The van der Waals surface area contributed by atoms with Crippen LogP contribution in [0.2, 0.25) is 0 Å². The SMILES string of the molecule is CN(CCc1ccncc1)C(=O)CBr. The average Bonchev–Trinajstić information content (AvgIpc) is 2.26. The molecule has 4 heteroatoms. The predicted molar refractivity (Wildman–Crippen MR) is 59.4 cm³/mol. The molecule has 0 aliphatic carbocycles. The maximum Gasteiger partial charge on any atom is 0.232 e. The van der Waals surface area contributed by atoms with Crippen LogP contribution in [0.25, 0.3) is 0 Å². The first kappa shape index (κ1) is 11.2. The van der Waals surface area contributed by atoms with Crippen LogP contribution in [-0.4, -0.2) is 34.7 Å². The number of pyridine rings is 1. The van der Waals surface area contributed by atoms with Crippen molar-refractivity contribution in [3.05, 3.63) is 30.1 Å². The van der Waals surface area contributed by atoms with Crippen LogP contribution in [0.5, 0.6) is 0 Å². The summed E-state index contributed by atoms with van der Waals surface area (Å²) in [5, 5.41) is 0.389. The first-order valence-corrected chi connectivity index (χ1v) is 5.55. The highest BCUT2D eigenvalue weighted by atomic mass is 79.9. The number of rotatable bonds is 4. The van der Waals surface area contributed by atoms with E-state index in [1.807, 2.05) is 19.2 Å². The van der Waals surface area contributed by atoms with Gasteiger partial charge in [0.25, 0.3) is 0 Å². The van der Waals surface area contributed by atoms with E-state index >= 15 is 0 Å². The molecule has 0 aliphatic heterocycles. The summed E-state index contributed by atoms with van der Waals surface area (Å²) in [6.45, 7) is 0.744. The van der Waals surface area contributed by atoms with Gasteiger partial charge in [-0.15, -0.1) is 0 Å². The van der Waals surface area contributed by atoms with E-state index in [1.54, 1.807) is 17.3 Å². The van der Waals surface area contributed by atoms with Gasteiger partial charge in [0, 0.05) is 26.0 Å². The predicted octanol–water partition coefficient (Wildman–Crippen LogP) is 1.48. The number of aromatic nitrogens is 1. The fourth-order valence-electron chi connectivity index (χ4n) is 1.07. The molecule has 1 amide bonds. The summed E-state index contributed by atoms with van der Waals surface area (Å²) in [5.74, 6) is 0.110. The molecular formula is C10H13BrN2O. The smallest absolute Gasteiger partial charge is 0.232 e. The monoisotopic (exact) mass is 256 g/mol. The standard InChI is InChI=1S/C10H13BrN2O/c1-13(10(14)8-11)7-4-9-2-5-12-6-3-9/h2-3,5-6H,4,7-8H2,1H3. The zero-order valence-electron chi connectivity index (χ0n) is 8.11. The molecule has 1 aromatic rings. The second kappa shape index (κ2) is 5.75. The van der Waals surface area contributed by atoms with Gasteiger partial charge in [0.05, 0.1) is 5.33 Å². The van der Waals surface area contributed by atoms with Crippen LogP contribution in [0, 0.1) is 0 Å². The molecule has 0 atom stereocenters. The third-order valence-electron chi connectivity index (χ3n) is 2.03. The maximum atomic E-state index is 11.2. The largest absolute Gasteiger partial charge is 0.345 e. The summed E-state index contributed by atoms with van der Waals surface area (Å²) < 4.78 is 0. The summed E-state index contributed by atoms with van der Waals surface area (Å²) in [5.41, 5.74) is 1.20. The lowest BCUT2D eigenvalue weighted by Gasteiger charge is -2.15. The Morgan fingerprint density at radius 3 is 2.71 bits per heavy atom. The molecule has 0 fully saturated rings. The van der Waals surface area contributed by atoms with Crippen molar-refractivity contribution in [1.29, 1.82) is 0 Å². The summed E-state index contributed by atoms with van der Waals surface area (Å²) in [6.07, 6.45) is 4.40. The van der Waals surface area contributed by atoms with E-state index in [0.29, 0.717) is 5.33 Å². The second-order valence-electron chi connectivity index (χ2n) is 3.05. The molecule has 0 spiro atoms. The van der Waals surface area contributed by atoms with Crippen LogP contribution >= 0.6 is 15.9 Å². The molecule has 0 saturated carbocycles. The first-order chi connectivity index (χ1) is 6.74. The molecule has 0 saturated heterocycles. The minimum Gasteiger partial charge on any atom is -0.345 e. The quantitative estimate of drug-likeness (QED) is 0.765. The van der Waals surface area contributed by atoms with Crippen LogP contribution in [0.3, 0.4) is 0 Å². The molecule has 1 rings (SSSR count). The maximum absolute atomic E-state index is 11.2. The minimum atomic E-state index is 0.110. The lowest BCUT2D eigenvalue weighted by atomic mass is 10.2. The van der Waals surface area contributed by atoms with Crippen LogP contribution in [-0.2, 0) is 11.2 Å². The van der Waals surface area contributed by atoms with Gasteiger partial charge < -0.3 is 4.90 Å². The molecule has 3 nitrogen and oxygen atoms in total.